The minimum Gasteiger partial charge on any atom is -0.494 e. The number of nitrogens with zero attached hydrogens (tertiary/aromatic N) is 2. The smallest absolute Gasteiger partial charge is 0.340 e. The molecule has 0 bridgehead atoms. The number of carboxylic acid groups (broad SMARTS) is 1. The molecule has 0 radical (unpaired) electrons. The van der Waals surface area contributed by atoms with Crippen LogP contribution in [0.1, 0.15) is 33.6 Å². The van der Waals surface area contributed by atoms with Crippen LogP contribution in [0.5, 0.6) is 11.5 Å². The van der Waals surface area contributed by atoms with E-state index in [1.165, 1.54) is 13.3 Å². The zero-order chi connectivity index (χ0) is 41.1. The van der Waals surface area contributed by atoms with Crippen molar-refractivity contribution in [1.82, 2.24) is 19.8 Å². The maximum Gasteiger partial charge on any atom is 0.340 e. The van der Waals surface area contributed by atoms with E-state index in [0.29, 0.717) is 39.7 Å². The first-order valence-electron chi connectivity index (χ1n) is 19.8. The number of morpholine rings is 2. The number of H-pyrrole nitrogens is 2. The van der Waals surface area contributed by atoms with Crippen molar-refractivity contribution in [3.8, 4) is 33.8 Å². The number of halogens is 2. The highest BCUT2D eigenvalue weighted by Crippen LogP contribution is 2.36. The van der Waals surface area contributed by atoms with Gasteiger partial charge in [-0.1, -0.05) is 47.5 Å². The van der Waals surface area contributed by atoms with Crippen molar-refractivity contribution < 1.29 is 38.4 Å². The lowest BCUT2D eigenvalue weighted by Gasteiger charge is -2.26. The second kappa shape index (κ2) is 20.3. The largest absolute Gasteiger partial charge is 0.494 e. The maximum absolute atomic E-state index is 12.0. The van der Waals surface area contributed by atoms with E-state index in [1.807, 2.05) is 66.7 Å². The van der Waals surface area contributed by atoms with E-state index in [2.05, 4.69) is 19.8 Å². The average molecular weight is 844 g/mol. The summed E-state index contributed by atoms with van der Waals surface area (Å²) in [6.07, 6.45) is 5.08. The summed E-state index contributed by atoms with van der Waals surface area (Å²) in [5, 5.41) is 11.9. The van der Waals surface area contributed by atoms with E-state index in [9.17, 15) is 14.7 Å². The van der Waals surface area contributed by atoms with Crippen LogP contribution in [0.25, 0.3) is 44.1 Å². The molecule has 2 aromatic heterocycles. The van der Waals surface area contributed by atoms with Crippen molar-refractivity contribution in [2.24, 2.45) is 0 Å². The number of aromatic carboxylic acids is 1. The quantitative estimate of drug-likeness (QED) is 0.0722. The lowest BCUT2D eigenvalue weighted by molar-refractivity contribution is 0.0357. The Morgan fingerprint density at radius 1 is 0.661 bits per heavy atom. The highest BCUT2D eigenvalue weighted by molar-refractivity contribution is 6.35. The number of methoxy groups -OCH3 is 1. The predicted octanol–water partition coefficient (Wildman–Crippen LogP) is 8.66. The molecule has 2 saturated heterocycles. The van der Waals surface area contributed by atoms with Gasteiger partial charge in [0.1, 0.15) is 11.5 Å². The van der Waals surface area contributed by atoms with Crippen molar-refractivity contribution in [2.45, 2.75) is 12.8 Å². The van der Waals surface area contributed by atoms with E-state index < -0.39 is 5.97 Å². The summed E-state index contributed by atoms with van der Waals surface area (Å²) in [4.78, 5) is 34.2. The SMILES string of the molecule is COC(=O)c1c[nH]c2cc(Cl)c(-c3ccc(OCCCN4CCOCC4)cc3)cc12.O=C(O)c1c[nH]c2cc(Cl)c(-c3ccc(OCCCN4CCOCC4)cc3)cc12. The number of rotatable bonds is 14. The summed E-state index contributed by atoms with van der Waals surface area (Å²) >= 11 is 12.9. The Morgan fingerprint density at radius 2 is 1.08 bits per heavy atom. The Bertz CT molecular complexity index is 2330. The van der Waals surface area contributed by atoms with Crippen LogP contribution >= 0.6 is 23.2 Å². The number of benzene rings is 4. The molecule has 4 heterocycles. The highest BCUT2D eigenvalue weighted by Gasteiger charge is 2.17. The molecule has 0 unspecified atom stereocenters. The third-order valence-electron chi connectivity index (χ3n) is 10.5. The molecular formula is C45H48Cl2N4O8. The summed E-state index contributed by atoms with van der Waals surface area (Å²) < 4.78 is 27.3. The minimum absolute atomic E-state index is 0.234. The summed E-state index contributed by atoms with van der Waals surface area (Å²) in [5.74, 6) is 0.288. The van der Waals surface area contributed by atoms with Crippen molar-refractivity contribution in [1.29, 1.82) is 0 Å². The number of aromatic amines is 2. The van der Waals surface area contributed by atoms with Crippen LogP contribution in [0.15, 0.2) is 85.2 Å². The lowest BCUT2D eigenvalue weighted by atomic mass is 10.0. The second-order valence-electron chi connectivity index (χ2n) is 14.3. The van der Waals surface area contributed by atoms with E-state index in [1.54, 1.807) is 12.3 Å². The van der Waals surface area contributed by atoms with Gasteiger partial charge >= 0.3 is 11.9 Å². The number of fused-ring (bicyclic) bond motifs is 2. The number of ether oxygens (including phenoxy) is 5. The number of carboxylic acids is 1. The van der Waals surface area contributed by atoms with Gasteiger partial charge in [-0.2, -0.15) is 0 Å². The fraction of sp³-hybridized carbons (Fsp3) is 0.333. The van der Waals surface area contributed by atoms with E-state index in [4.69, 9.17) is 46.9 Å². The fourth-order valence-corrected chi connectivity index (χ4v) is 7.80. The van der Waals surface area contributed by atoms with Gasteiger partial charge < -0.3 is 38.8 Å². The summed E-state index contributed by atoms with van der Waals surface area (Å²) in [5.41, 5.74) is 5.74. The number of nitrogens with one attached hydrogen (secondary N) is 2. The third kappa shape index (κ3) is 10.8. The number of aromatic nitrogens is 2. The van der Waals surface area contributed by atoms with Crippen LogP contribution in [-0.2, 0) is 14.2 Å². The third-order valence-corrected chi connectivity index (χ3v) is 11.1. The summed E-state index contributed by atoms with van der Waals surface area (Å²) in [6.45, 7) is 10.6. The Morgan fingerprint density at radius 3 is 1.51 bits per heavy atom. The van der Waals surface area contributed by atoms with Crippen LogP contribution in [-0.4, -0.2) is 123 Å². The second-order valence-corrected chi connectivity index (χ2v) is 15.1. The van der Waals surface area contributed by atoms with Crippen molar-refractivity contribution in [2.75, 3.05) is 86.0 Å². The maximum atomic E-state index is 12.0. The van der Waals surface area contributed by atoms with Crippen molar-refractivity contribution in [3.05, 3.63) is 106 Å². The van der Waals surface area contributed by atoms with Gasteiger partial charge in [0.25, 0.3) is 0 Å². The molecule has 59 heavy (non-hydrogen) atoms. The first kappa shape index (κ1) is 42.1. The standard InChI is InChI=1S/C23H25ClN2O4.C22H23ClN2O4/c1-28-23(27)20-15-25-22-14-21(24)18(13-19(20)22)16-3-5-17(6-4-16)30-10-2-7-26-8-11-29-12-9-26;23-20-13-21-18(19(14-24-21)22(26)27)12-17(20)15-2-4-16(5-3-15)29-9-1-6-25-7-10-28-11-8-25/h3-6,13-15,25H,2,7-12H2,1H3;2-5,12-14,24H,1,6-11H2,(H,26,27). The molecule has 310 valence electrons. The first-order valence-corrected chi connectivity index (χ1v) is 20.5. The summed E-state index contributed by atoms with van der Waals surface area (Å²) in [7, 11) is 1.37. The Hall–Kier alpha value is -5.08. The average Bonchev–Trinajstić information content (AvgIpc) is 3.88. The monoisotopic (exact) mass is 842 g/mol. The van der Waals surface area contributed by atoms with Gasteiger partial charge in [-0.15, -0.1) is 0 Å². The van der Waals surface area contributed by atoms with Gasteiger partial charge in [0.15, 0.2) is 0 Å². The van der Waals surface area contributed by atoms with E-state index >= 15 is 0 Å². The van der Waals surface area contributed by atoms with E-state index in [-0.39, 0.29) is 11.5 Å². The van der Waals surface area contributed by atoms with Gasteiger partial charge in [0.2, 0.25) is 0 Å². The zero-order valence-corrected chi connectivity index (χ0v) is 34.4. The molecule has 2 fully saturated rings. The lowest BCUT2D eigenvalue weighted by Crippen LogP contribution is -2.37. The number of carbonyl (C=O) groups excluding carboxylic acids is 1. The Kier molecular flexibility index (Phi) is 14.4. The molecule has 2 aliphatic heterocycles. The molecule has 0 spiro atoms. The van der Waals surface area contributed by atoms with Crippen LogP contribution < -0.4 is 9.47 Å². The van der Waals surface area contributed by atoms with Gasteiger partial charge in [-0.05, 0) is 72.5 Å². The molecule has 2 aliphatic rings. The van der Waals surface area contributed by atoms with Crippen LogP contribution in [0, 0.1) is 0 Å². The zero-order valence-electron chi connectivity index (χ0n) is 32.9. The van der Waals surface area contributed by atoms with E-state index in [0.717, 1.165) is 123 Å². The summed E-state index contributed by atoms with van der Waals surface area (Å²) in [6, 6.07) is 22.9. The Balaban J connectivity index is 0.000000179. The van der Waals surface area contributed by atoms with Gasteiger partial charge in [-0.25, -0.2) is 9.59 Å². The topological polar surface area (TPSA) is 139 Å². The molecule has 14 heteroatoms. The molecule has 8 rings (SSSR count). The Labute approximate surface area is 352 Å². The molecule has 12 nitrogen and oxygen atoms in total. The normalized spacial score (nSPS) is 14.8. The number of hydrogen-bond acceptors (Lipinski definition) is 9. The molecule has 0 aliphatic carbocycles. The van der Waals surface area contributed by atoms with Gasteiger partial charge in [0, 0.05) is 84.6 Å². The fourth-order valence-electron chi connectivity index (χ4n) is 7.25. The molecule has 0 atom stereocenters. The molecule has 0 amide bonds. The molecular weight excluding hydrogens is 795 g/mol. The molecule has 6 aromatic rings. The van der Waals surface area contributed by atoms with Crippen LogP contribution in [0.2, 0.25) is 10.0 Å². The van der Waals surface area contributed by atoms with Crippen LogP contribution in [0.3, 0.4) is 0 Å². The van der Waals surface area contributed by atoms with Crippen LogP contribution in [0.4, 0.5) is 0 Å². The van der Waals surface area contributed by atoms with Crippen molar-refractivity contribution >= 4 is 56.9 Å². The van der Waals surface area contributed by atoms with Crippen molar-refractivity contribution in [3.63, 3.8) is 0 Å². The number of esters is 1. The van der Waals surface area contributed by atoms with Gasteiger partial charge in [-0.3, -0.25) is 9.80 Å². The minimum atomic E-state index is -0.967. The molecule has 0 saturated carbocycles. The van der Waals surface area contributed by atoms with Gasteiger partial charge in [0.05, 0.1) is 67.9 Å². The number of hydrogen-bond donors (Lipinski definition) is 3. The number of carbonyl (C=O) groups is 2. The molecule has 4 aromatic carbocycles. The highest BCUT2D eigenvalue weighted by atomic mass is 35.5. The first-order chi connectivity index (χ1) is 28.8. The predicted molar refractivity (Wildman–Crippen MR) is 231 cm³/mol. The molecule has 3 N–H and O–H groups in total.